The first-order valence-electron chi connectivity index (χ1n) is 4.29. The Labute approximate surface area is 79.3 Å². The third-order valence-corrected chi connectivity index (χ3v) is 2.09. The summed E-state index contributed by atoms with van der Waals surface area (Å²) in [5, 5.41) is 12.8. The Morgan fingerprint density at radius 3 is 2.54 bits per heavy atom. The number of hydrogen-bond acceptors (Lipinski definition) is 4. The fourth-order valence-electron chi connectivity index (χ4n) is 1.31. The molecule has 0 radical (unpaired) electrons. The van der Waals surface area contributed by atoms with Crippen LogP contribution in [0.25, 0.3) is 0 Å². The zero-order valence-corrected chi connectivity index (χ0v) is 7.30. The van der Waals surface area contributed by atoms with Crippen LogP contribution < -0.4 is 5.32 Å². The lowest BCUT2D eigenvalue weighted by atomic mass is 9.93. The lowest BCUT2D eigenvalue weighted by Gasteiger charge is -2.29. The van der Waals surface area contributed by atoms with E-state index in [4.69, 9.17) is 4.74 Å². The maximum absolute atomic E-state index is 11.2. The molecule has 1 heterocycles. The minimum absolute atomic E-state index is 0. The molecule has 0 spiro atoms. The SMILES string of the molecule is C.CCOC(=O)C1(O)CCNCC1. The van der Waals surface area contributed by atoms with Crippen LogP contribution in [0.4, 0.5) is 0 Å². The zero-order chi connectivity index (χ0) is 9.03. The second-order valence-corrected chi connectivity index (χ2v) is 3.00. The molecule has 1 saturated heterocycles. The molecule has 0 atom stereocenters. The minimum atomic E-state index is -1.23. The number of aliphatic hydroxyl groups is 1. The van der Waals surface area contributed by atoms with Crippen LogP contribution >= 0.6 is 0 Å². The number of hydrogen-bond donors (Lipinski definition) is 2. The molecule has 0 aliphatic carbocycles. The summed E-state index contributed by atoms with van der Waals surface area (Å²) in [6.07, 6.45) is 0.900. The van der Waals surface area contributed by atoms with Crippen molar-refractivity contribution >= 4 is 5.97 Å². The van der Waals surface area contributed by atoms with Gasteiger partial charge in [-0.1, -0.05) is 7.43 Å². The highest BCUT2D eigenvalue weighted by atomic mass is 16.5. The number of ether oxygens (including phenoxy) is 1. The highest BCUT2D eigenvalue weighted by Gasteiger charge is 2.38. The molecule has 2 N–H and O–H groups in total. The van der Waals surface area contributed by atoms with Crippen LogP contribution in [0.15, 0.2) is 0 Å². The van der Waals surface area contributed by atoms with Crippen LogP contribution in [-0.4, -0.2) is 36.4 Å². The fourth-order valence-corrected chi connectivity index (χ4v) is 1.31. The predicted molar refractivity (Wildman–Crippen MR) is 50.4 cm³/mol. The molecule has 13 heavy (non-hydrogen) atoms. The molecule has 0 amide bonds. The van der Waals surface area contributed by atoms with Crippen LogP contribution in [0.3, 0.4) is 0 Å². The topological polar surface area (TPSA) is 58.6 Å². The monoisotopic (exact) mass is 189 g/mol. The molecule has 0 aromatic heterocycles. The van der Waals surface area contributed by atoms with Crippen molar-refractivity contribution in [3.8, 4) is 0 Å². The molecule has 0 unspecified atom stereocenters. The quantitative estimate of drug-likeness (QED) is 0.613. The van der Waals surface area contributed by atoms with Crippen LogP contribution in [0.1, 0.15) is 27.2 Å². The minimum Gasteiger partial charge on any atom is -0.464 e. The van der Waals surface area contributed by atoms with Gasteiger partial charge in [-0.05, 0) is 32.9 Å². The van der Waals surface area contributed by atoms with Gasteiger partial charge < -0.3 is 15.2 Å². The molecule has 78 valence electrons. The zero-order valence-electron chi connectivity index (χ0n) is 7.30. The van der Waals surface area contributed by atoms with Crippen molar-refractivity contribution in [3.63, 3.8) is 0 Å². The van der Waals surface area contributed by atoms with E-state index >= 15 is 0 Å². The third kappa shape index (κ3) is 2.97. The molecule has 0 aromatic rings. The van der Waals surface area contributed by atoms with Gasteiger partial charge in [-0.15, -0.1) is 0 Å². The average molecular weight is 189 g/mol. The van der Waals surface area contributed by atoms with Crippen LogP contribution in [-0.2, 0) is 9.53 Å². The van der Waals surface area contributed by atoms with Crippen LogP contribution in [0, 0.1) is 0 Å². The molecular weight excluding hydrogens is 170 g/mol. The van der Waals surface area contributed by atoms with Gasteiger partial charge in [0.15, 0.2) is 5.60 Å². The average Bonchev–Trinajstić information content (AvgIpc) is 2.06. The number of piperidine rings is 1. The van der Waals surface area contributed by atoms with E-state index in [2.05, 4.69) is 5.32 Å². The Morgan fingerprint density at radius 1 is 1.54 bits per heavy atom. The molecule has 4 nitrogen and oxygen atoms in total. The summed E-state index contributed by atoms with van der Waals surface area (Å²) in [5.74, 6) is -0.480. The van der Waals surface area contributed by atoms with E-state index in [-0.39, 0.29) is 7.43 Å². The van der Waals surface area contributed by atoms with Gasteiger partial charge >= 0.3 is 5.97 Å². The number of rotatable bonds is 2. The first-order valence-corrected chi connectivity index (χ1v) is 4.29. The van der Waals surface area contributed by atoms with E-state index in [0.717, 1.165) is 0 Å². The molecule has 1 fully saturated rings. The second-order valence-electron chi connectivity index (χ2n) is 3.00. The standard InChI is InChI=1S/C8H15NO3.CH4/c1-2-12-7(10)8(11)3-5-9-6-4-8;/h9,11H,2-6H2,1H3;1H4. The molecule has 4 heteroatoms. The lowest BCUT2D eigenvalue weighted by Crippen LogP contribution is -2.48. The van der Waals surface area contributed by atoms with Crippen molar-refractivity contribution in [2.75, 3.05) is 19.7 Å². The van der Waals surface area contributed by atoms with Gasteiger partial charge in [0.1, 0.15) is 0 Å². The Bertz CT molecular complexity index is 164. The lowest BCUT2D eigenvalue weighted by molar-refractivity contribution is -0.167. The Morgan fingerprint density at radius 2 is 2.08 bits per heavy atom. The molecule has 1 aliphatic rings. The number of esters is 1. The van der Waals surface area contributed by atoms with E-state index < -0.39 is 11.6 Å². The highest BCUT2D eigenvalue weighted by Crippen LogP contribution is 2.19. The summed E-state index contributed by atoms with van der Waals surface area (Å²) < 4.78 is 4.77. The maximum atomic E-state index is 11.2. The third-order valence-electron chi connectivity index (χ3n) is 2.09. The van der Waals surface area contributed by atoms with Crippen LogP contribution in [0.5, 0.6) is 0 Å². The van der Waals surface area contributed by atoms with Gasteiger partial charge in [0, 0.05) is 0 Å². The van der Waals surface area contributed by atoms with E-state index in [1.807, 2.05) is 0 Å². The van der Waals surface area contributed by atoms with Gasteiger partial charge in [-0.25, -0.2) is 4.79 Å². The van der Waals surface area contributed by atoms with Crippen molar-refractivity contribution in [3.05, 3.63) is 0 Å². The van der Waals surface area contributed by atoms with Gasteiger partial charge in [0.2, 0.25) is 0 Å². The first kappa shape index (κ1) is 12.4. The maximum Gasteiger partial charge on any atom is 0.338 e. The molecule has 1 rings (SSSR count). The van der Waals surface area contributed by atoms with E-state index in [0.29, 0.717) is 32.5 Å². The van der Waals surface area contributed by atoms with Crippen molar-refractivity contribution in [2.45, 2.75) is 32.8 Å². The molecule has 0 saturated carbocycles. The first-order chi connectivity index (χ1) is 5.69. The van der Waals surface area contributed by atoms with Crippen molar-refractivity contribution < 1.29 is 14.6 Å². The molecule has 0 bridgehead atoms. The number of carbonyl (C=O) groups excluding carboxylic acids is 1. The largest absolute Gasteiger partial charge is 0.464 e. The highest BCUT2D eigenvalue weighted by molar-refractivity contribution is 5.79. The van der Waals surface area contributed by atoms with Crippen LogP contribution in [0.2, 0.25) is 0 Å². The smallest absolute Gasteiger partial charge is 0.338 e. The van der Waals surface area contributed by atoms with Crippen molar-refractivity contribution in [2.24, 2.45) is 0 Å². The van der Waals surface area contributed by atoms with Gasteiger partial charge in [0.05, 0.1) is 6.61 Å². The Hall–Kier alpha value is -0.610. The summed E-state index contributed by atoms with van der Waals surface area (Å²) in [6.45, 7) is 3.42. The van der Waals surface area contributed by atoms with E-state index in [9.17, 15) is 9.90 Å². The van der Waals surface area contributed by atoms with Crippen molar-refractivity contribution in [1.29, 1.82) is 0 Å². The van der Waals surface area contributed by atoms with E-state index in [1.165, 1.54) is 0 Å². The number of nitrogens with one attached hydrogen (secondary N) is 1. The summed E-state index contributed by atoms with van der Waals surface area (Å²) in [5.41, 5.74) is -1.23. The summed E-state index contributed by atoms with van der Waals surface area (Å²) in [4.78, 5) is 11.2. The van der Waals surface area contributed by atoms with Gasteiger partial charge in [-0.3, -0.25) is 0 Å². The Kier molecular flexibility index (Phi) is 4.95. The van der Waals surface area contributed by atoms with Gasteiger partial charge in [-0.2, -0.15) is 0 Å². The fraction of sp³-hybridized carbons (Fsp3) is 0.889. The second kappa shape index (κ2) is 5.19. The van der Waals surface area contributed by atoms with Gasteiger partial charge in [0.25, 0.3) is 0 Å². The molecule has 0 aromatic carbocycles. The predicted octanol–water partition coefficient (Wildman–Crippen LogP) is 0.300. The Balaban J connectivity index is 0.00000144. The summed E-state index contributed by atoms with van der Waals surface area (Å²) >= 11 is 0. The van der Waals surface area contributed by atoms with E-state index in [1.54, 1.807) is 6.92 Å². The summed E-state index contributed by atoms with van der Waals surface area (Å²) in [6, 6.07) is 0. The molecular formula is C9H19NO3. The molecule has 1 aliphatic heterocycles. The normalized spacial score (nSPS) is 20.2. The van der Waals surface area contributed by atoms with Crippen molar-refractivity contribution in [1.82, 2.24) is 5.32 Å². The summed E-state index contributed by atoms with van der Waals surface area (Å²) in [7, 11) is 0. The number of carbonyl (C=O) groups is 1.